The number of rotatable bonds is 11. The number of carbonyl (C=O) groups excluding carboxylic acids is 5. The molecule has 0 radical (unpaired) electrons. The number of aliphatic hydroxyl groups excluding tert-OH is 1. The fourth-order valence-corrected chi connectivity index (χ4v) is 4.03. The minimum atomic E-state index is -2.04. The normalized spacial score (nSPS) is 27.1. The van der Waals surface area contributed by atoms with Crippen LogP contribution >= 0.6 is 15.9 Å². The molecule has 0 bridgehead atoms. The molecule has 0 spiro atoms. The average molecular weight is 554 g/mol. The van der Waals surface area contributed by atoms with Gasteiger partial charge in [-0.05, 0) is 6.42 Å². The number of unbranched alkanes of at least 4 members (excludes halogenated alkanes) is 1. The maximum Gasteiger partial charge on any atom is 0.303 e. The fourth-order valence-electron chi connectivity index (χ4n) is 3.87. The SMILES string of the molecule is CCCCC(NC(=O)CBr)[C@@]1(OC(C)=O)[C@H](OC(C)=O)[C@@H](OC(C)=O)[C@H](O)O[C@@H]1COC(C)=O. The first-order valence-electron chi connectivity index (χ1n) is 10.7. The van der Waals surface area contributed by atoms with Crippen molar-refractivity contribution in [2.75, 3.05) is 11.9 Å². The zero-order valence-electron chi connectivity index (χ0n) is 19.8. The summed E-state index contributed by atoms with van der Waals surface area (Å²) in [5, 5.41) is 13.3. The second kappa shape index (κ2) is 13.6. The number of hydrogen-bond acceptors (Lipinski definition) is 11. The number of amides is 1. The Balaban J connectivity index is 3.84. The minimum Gasteiger partial charge on any atom is -0.463 e. The molecule has 13 heteroatoms. The number of alkyl halides is 1. The largest absolute Gasteiger partial charge is 0.463 e. The van der Waals surface area contributed by atoms with E-state index < -0.39 is 72.6 Å². The van der Waals surface area contributed by atoms with Crippen LogP contribution in [0.4, 0.5) is 0 Å². The lowest BCUT2D eigenvalue weighted by atomic mass is 9.75. The molecule has 1 fully saturated rings. The van der Waals surface area contributed by atoms with E-state index in [2.05, 4.69) is 21.2 Å². The number of nitrogens with one attached hydrogen (secondary N) is 1. The van der Waals surface area contributed by atoms with Crippen LogP contribution in [0.5, 0.6) is 0 Å². The first kappa shape index (κ1) is 29.8. The van der Waals surface area contributed by atoms with Gasteiger partial charge in [0.25, 0.3) is 0 Å². The zero-order chi connectivity index (χ0) is 26.1. The Morgan fingerprint density at radius 2 is 1.65 bits per heavy atom. The first-order chi connectivity index (χ1) is 15.9. The third kappa shape index (κ3) is 7.91. The van der Waals surface area contributed by atoms with Gasteiger partial charge in [-0.3, -0.25) is 24.0 Å². The average Bonchev–Trinajstić information content (AvgIpc) is 2.73. The van der Waals surface area contributed by atoms with Gasteiger partial charge < -0.3 is 34.1 Å². The van der Waals surface area contributed by atoms with Crippen molar-refractivity contribution in [3.05, 3.63) is 0 Å². The standard InChI is InChI=1S/C21H32BrNO11/c1-6-7-8-15(23-17(28)9-22)21(34-14(5)27)16(10-30-11(2)24)33-20(29)18(31-12(3)25)19(21)32-13(4)26/h15-16,18-20,29H,6-10H2,1-5H3,(H,23,28)/t15?,16-,18-,19-,20-,21+/m1/s1. The van der Waals surface area contributed by atoms with Crippen molar-refractivity contribution in [3.8, 4) is 0 Å². The van der Waals surface area contributed by atoms with Gasteiger partial charge in [0.15, 0.2) is 18.5 Å². The van der Waals surface area contributed by atoms with E-state index in [-0.39, 0.29) is 11.8 Å². The summed E-state index contributed by atoms with van der Waals surface area (Å²) in [6.07, 6.45) is -5.08. The van der Waals surface area contributed by atoms with E-state index in [0.29, 0.717) is 12.8 Å². The summed E-state index contributed by atoms with van der Waals surface area (Å²) in [6, 6.07) is -1.06. The fraction of sp³-hybridized carbons (Fsp3) is 0.762. The number of carbonyl (C=O) groups is 5. The highest BCUT2D eigenvalue weighted by Crippen LogP contribution is 2.41. The summed E-state index contributed by atoms with van der Waals surface area (Å²) < 4.78 is 27.1. The van der Waals surface area contributed by atoms with Gasteiger partial charge in [0, 0.05) is 27.7 Å². The summed E-state index contributed by atoms with van der Waals surface area (Å²) >= 11 is 3.06. The molecule has 194 valence electrons. The number of halogens is 1. The highest BCUT2D eigenvalue weighted by molar-refractivity contribution is 9.09. The lowest BCUT2D eigenvalue weighted by Gasteiger charge is -2.53. The molecule has 0 aromatic carbocycles. The van der Waals surface area contributed by atoms with Gasteiger partial charge in [-0.25, -0.2) is 0 Å². The van der Waals surface area contributed by atoms with Crippen molar-refractivity contribution in [1.82, 2.24) is 5.32 Å². The van der Waals surface area contributed by atoms with Crippen LogP contribution in [0.1, 0.15) is 53.9 Å². The van der Waals surface area contributed by atoms with Crippen molar-refractivity contribution in [1.29, 1.82) is 0 Å². The van der Waals surface area contributed by atoms with Crippen molar-refractivity contribution in [2.45, 2.75) is 90.1 Å². The summed E-state index contributed by atoms with van der Waals surface area (Å²) in [7, 11) is 0. The van der Waals surface area contributed by atoms with Gasteiger partial charge >= 0.3 is 23.9 Å². The topological polar surface area (TPSA) is 164 Å². The third-order valence-corrected chi connectivity index (χ3v) is 5.54. The number of esters is 4. The van der Waals surface area contributed by atoms with Crippen LogP contribution in [0.15, 0.2) is 0 Å². The molecule has 34 heavy (non-hydrogen) atoms. The van der Waals surface area contributed by atoms with Gasteiger partial charge in [0.2, 0.25) is 11.5 Å². The van der Waals surface area contributed by atoms with Crippen LogP contribution in [0.25, 0.3) is 0 Å². The Morgan fingerprint density at radius 3 is 2.12 bits per heavy atom. The molecule has 0 aromatic rings. The maximum absolute atomic E-state index is 12.4. The molecule has 0 aliphatic carbocycles. The predicted octanol–water partition coefficient (Wildman–Crippen LogP) is 0.502. The highest BCUT2D eigenvalue weighted by atomic mass is 79.9. The van der Waals surface area contributed by atoms with Crippen LogP contribution in [0, 0.1) is 0 Å². The molecular weight excluding hydrogens is 522 g/mol. The van der Waals surface area contributed by atoms with Gasteiger partial charge in [0.05, 0.1) is 11.4 Å². The van der Waals surface area contributed by atoms with Gasteiger partial charge in [-0.2, -0.15) is 0 Å². The quantitative estimate of drug-likeness (QED) is 0.208. The molecule has 1 amide bonds. The number of ether oxygens (including phenoxy) is 5. The molecule has 1 rings (SSSR count). The molecule has 1 saturated heterocycles. The molecule has 6 atom stereocenters. The lowest BCUT2D eigenvalue weighted by molar-refractivity contribution is -0.332. The molecule has 2 N–H and O–H groups in total. The Morgan fingerprint density at radius 1 is 1.03 bits per heavy atom. The Hall–Kier alpha value is -2.25. The Kier molecular flexibility index (Phi) is 11.9. The third-order valence-electron chi connectivity index (χ3n) is 5.03. The van der Waals surface area contributed by atoms with Gasteiger partial charge in [-0.15, -0.1) is 0 Å². The van der Waals surface area contributed by atoms with Crippen LogP contribution in [0.2, 0.25) is 0 Å². The first-order valence-corrected chi connectivity index (χ1v) is 11.9. The molecule has 1 unspecified atom stereocenters. The molecule has 1 aliphatic rings. The van der Waals surface area contributed by atoms with E-state index in [1.807, 2.05) is 6.92 Å². The predicted molar refractivity (Wildman–Crippen MR) is 118 cm³/mol. The molecular formula is C21H32BrNO11. The molecule has 0 saturated carbocycles. The Bertz CT molecular complexity index is 761. The van der Waals surface area contributed by atoms with E-state index in [1.165, 1.54) is 0 Å². The number of aliphatic hydroxyl groups is 1. The van der Waals surface area contributed by atoms with Crippen LogP contribution in [0.3, 0.4) is 0 Å². The maximum atomic E-state index is 12.4. The van der Waals surface area contributed by atoms with Crippen molar-refractivity contribution >= 4 is 45.7 Å². The molecule has 1 heterocycles. The van der Waals surface area contributed by atoms with Gasteiger partial charge in [0.1, 0.15) is 12.7 Å². The van der Waals surface area contributed by atoms with Crippen LogP contribution in [-0.4, -0.2) is 83.1 Å². The molecule has 1 aliphatic heterocycles. The van der Waals surface area contributed by atoms with E-state index in [9.17, 15) is 29.1 Å². The summed E-state index contributed by atoms with van der Waals surface area (Å²) in [5.41, 5.74) is -2.04. The monoisotopic (exact) mass is 553 g/mol. The van der Waals surface area contributed by atoms with E-state index in [1.54, 1.807) is 0 Å². The van der Waals surface area contributed by atoms with E-state index in [4.69, 9.17) is 23.7 Å². The summed E-state index contributed by atoms with van der Waals surface area (Å²) in [4.78, 5) is 60.2. The van der Waals surface area contributed by atoms with E-state index >= 15 is 0 Å². The van der Waals surface area contributed by atoms with Crippen LogP contribution in [-0.2, 0) is 47.7 Å². The summed E-state index contributed by atoms with van der Waals surface area (Å²) in [6.45, 7) is 5.73. The van der Waals surface area contributed by atoms with Crippen molar-refractivity contribution in [2.24, 2.45) is 0 Å². The van der Waals surface area contributed by atoms with Crippen molar-refractivity contribution < 1.29 is 52.8 Å². The number of hydrogen-bond donors (Lipinski definition) is 2. The molecule has 12 nitrogen and oxygen atoms in total. The second-order valence-electron chi connectivity index (χ2n) is 7.77. The zero-order valence-corrected chi connectivity index (χ0v) is 21.4. The van der Waals surface area contributed by atoms with Crippen molar-refractivity contribution in [3.63, 3.8) is 0 Å². The second-order valence-corrected chi connectivity index (χ2v) is 8.33. The van der Waals surface area contributed by atoms with Crippen LogP contribution < -0.4 is 5.32 Å². The molecule has 0 aromatic heterocycles. The smallest absolute Gasteiger partial charge is 0.303 e. The Labute approximate surface area is 206 Å². The minimum absolute atomic E-state index is 0.102. The summed E-state index contributed by atoms with van der Waals surface area (Å²) in [5.74, 6) is -3.72. The lowest BCUT2D eigenvalue weighted by Crippen LogP contribution is -2.76. The highest BCUT2D eigenvalue weighted by Gasteiger charge is 2.66. The van der Waals surface area contributed by atoms with Gasteiger partial charge in [-0.1, -0.05) is 35.7 Å². The van der Waals surface area contributed by atoms with E-state index in [0.717, 1.165) is 27.7 Å².